The van der Waals surface area contributed by atoms with E-state index in [0.717, 1.165) is 38.5 Å². The Morgan fingerprint density at radius 3 is 2.11 bits per heavy atom. The van der Waals surface area contributed by atoms with E-state index in [9.17, 15) is 4.79 Å². The van der Waals surface area contributed by atoms with Gasteiger partial charge < -0.3 is 4.74 Å². The van der Waals surface area contributed by atoms with E-state index >= 15 is 0 Å². The molecule has 0 atom stereocenters. The van der Waals surface area contributed by atoms with Crippen molar-refractivity contribution >= 4 is 5.97 Å². The van der Waals surface area contributed by atoms with Crippen molar-refractivity contribution in [3.05, 3.63) is 49.1 Å². The lowest BCUT2D eigenvalue weighted by atomic mass is 10.2. The second-order valence-electron chi connectivity index (χ2n) is 4.23. The van der Waals surface area contributed by atoms with Gasteiger partial charge in [0.15, 0.2) is 0 Å². The SMILES string of the molecule is C=CCC=CCC=CCC=CCCCCC(=O)OC. The highest BCUT2D eigenvalue weighted by molar-refractivity contribution is 5.68. The normalized spacial score (nSPS) is 11.6. The number of allylic oxidation sites excluding steroid dienone is 7. The fraction of sp³-hybridized carbons (Fsp3) is 0.471. The number of hydrogen-bond acceptors (Lipinski definition) is 2. The van der Waals surface area contributed by atoms with Crippen molar-refractivity contribution in [2.24, 2.45) is 0 Å². The first-order valence-electron chi connectivity index (χ1n) is 6.94. The molecule has 0 amide bonds. The van der Waals surface area contributed by atoms with E-state index in [-0.39, 0.29) is 5.97 Å². The summed E-state index contributed by atoms with van der Waals surface area (Å²) in [6.45, 7) is 3.66. The first kappa shape index (κ1) is 17.4. The van der Waals surface area contributed by atoms with Gasteiger partial charge in [-0.3, -0.25) is 4.79 Å². The second-order valence-corrected chi connectivity index (χ2v) is 4.23. The van der Waals surface area contributed by atoms with Crippen LogP contribution in [0.1, 0.15) is 44.9 Å². The number of carbonyl (C=O) groups is 1. The summed E-state index contributed by atoms with van der Waals surface area (Å²) in [5, 5.41) is 0. The van der Waals surface area contributed by atoms with Gasteiger partial charge in [-0.2, -0.15) is 0 Å². The Labute approximate surface area is 117 Å². The van der Waals surface area contributed by atoms with Crippen LogP contribution in [0.5, 0.6) is 0 Å². The van der Waals surface area contributed by atoms with Crippen LogP contribution in [0.15, 0.2) is 49.1 Å². The molecule has 0 saturated heterocycles. The average molecular weight is 262 g/mol. The molecule has 0 aromatic heterocycles. The summed E-state index contributed by atoms with van der Waals surface area (Å²) < 4.78 is 4.58. The van der Waals surface area contributed by atoms with Gasteiger partial charge >= 0.3 is 5.97 Å². The topological polar surface area (TPSA) is 26.3 Å². The maximum absolute atomic E-state index is 10.9. The lowest BCUT2D eigenvalue weighted by molar-refractivity contribution is -0.140. The van der Waals surface area contributed by atoms with Crippen molar-refractivity contribution < 1.29 is 9.53 Å². The predicted molar refractivity (Wildman–Crippen MR) is 82.0 cm³/mol. The standard InChI is InChI=1S/C17H26O2/c1-3-4-5-6-7-8-9-10-11-12-13-14-15-16-17(18)19-2/h3,5-6,8-9,11-12H,1,4,7,10,13-16H2,2H3. The molecule has 0 unspecified atom stereocenters. The second kappa shape index (κ2) is 14.5. The zero-order valence-corrected chi connectivity index (χ0v) is 12.0. The number of ether oxygens (including phenoxy) is 1. The molecular formula is C17H26O2. The zero-order chi connectivity index (χ0) is 14.2. The van der Waals surface area contributed by atoms with Gasteiger partial charge in [0.25, 0.3) is 0 Å². The van der Waals surface area contributed by atoms with E-state index in [1.165, 1.54) is 7.11 Å². The zero-order valence-electron chi connectivity index (χ0n) is 12.0. The van der Waals surface area contributed by atoms with Crippen molar-refractivity contribution in [2.75, 3.05) is 7.11 Å². The average Bonchev–Trinajstić information content (AvgIpc) is 2.43. The number of unbranched alkanes of at least 4 members (excludes halogenated alkanes) is 2. The lowest BCUT2D eigenvalue weighted by Crippen LogP contribution is -1.98. The van der Waals surface area contributed by atoms with Crippen LogP contribution in [-0.4, -0.2) is 13.1 Å². The van der Waals surface area contributed by atoms with Gasteiger partial charge in [0.1, 0.15) is 0 Å². The van der Waals surface area contributed by atoms with Crippen LogP contribution in [0.25, 0.3) is 0 Å². The van der Waals surface area contributed by atoms with Crippen molar-refractivity contribution in [2.45, 2.75) is 44.9 Å². The van der Waals surface area contributed by atoms with E-state index in [2.05, 4.69) is 47.8 Å². The van der Waals surface area contributed by atoms with Crippen molar-refractivity contribution in [3.8, 4) is 0 Å². The largest absolute Gasteiger partial charge is 0.469 e. The third-order valence-electron chi connectivity index (χ3n) is 2.58. The predicted octanol–water partition coefficient (Wildman–Crippen LogP) is 4.74. The Morgan fingerprint density at radius 1 is 0.947 bits per heavy atom. The molecule has 0 heterocycles. The molecule has 0 spiro atoms. The number of hydrogen-bond donors (Lipinski definition) is 0. The molecule has 19 heavy (non-hydrogen) atoms. The molecule has 0 radical (unpaired) electrons. The minimum Gasteiger partial charge on any atom is -0.469 e. The summed E-state index contributed by atoms with van der Waals surface area (Å²) in [6.07, 6.45) is 21.3. The maximum Gasteiger partial charge on any atom is 0.305 e. The summed E-state index contributed by atoms with van der Waals surface area (Å²) in [5.41, 5.74) is 0. The molecule has 0 bridgehead atoms. The van der Waals surface area contributed by atoms with Crippen LogP contribution >= 0.6 is 0 Å². The fourth-order valence-corrected chi connectivity index (χ4v) is 1.49. The highest BCUT2D eigenvalue weighted by atomic mass is 16.5. The Morgan fingerprint density at radius 2 is 1.53 bits per heavy atom. The third-order valence-corrected chi connectivity index (χ3v) is 2.58. The van der Waals surface area contributed by atoms with Crippen LogP contribution in [-0.2, 0) is 9.53 Å². The van der Waals surface area contributed by atoms with Gasteiger partial charge in [-0.15, -0.1) is 6.58 Å². The van der Waals surface area contributed by atoms with Crippen molar-refractivity contribution in [3.63, 3.8) is 0 Å². The van der Waals surface area contributed by atoms with Crippen molar-refractivity contribution in [1.82, 2.24) is 0 Å². The summed E-state index contributed by atoms with van der Waals surface area (Å²) in [4.78, 5) is 10.9. The van der Waals surface area contributed by atoms with Crippen LogP contribution < -0.4 is 0 Å². The molecule has 0 aromatic rings. The van der Waals surface area contributed by atoms with Gasteiger partial charge in [-0.05, 0) is 38.5 Å². The summed E-state index contributed by atoms with van der Waals surface area (Å²) in [5.74, 6) is -0.114. The molecular weight excluding hydrogens is 236 g/mol. The van der Waals surface area contributed by atoms with Gasteiger partial charge in [0, 0.05) is 6.42 Å². The summed E-state index contributed by atoms with van der Waals surface area (Å²) >= 11 is 0. The Bertz CT molecular complexity index is 311. The lowest BCUT2D eigenvalue weighted by Gasteiger charge is -1.96. The first-order chi connectivity index (χ1) is 9.31. The molecule has 0 N–H and O–H groups in total. The maximum atomic E-state index is 10.9. The molecule has 0 rings (SSSR count). The van der Waals surface area contributed by atoms with Crippen LogP contribution in [0, 0.1) is 0 Å². The molecule has 0 aromatic carbocycles. The van der Waals surface area contributed by atoms with Crippen LogP contribution in [0.2, 0.25) is 0 Å². The molecule has 0 saturated carbocycles. The smallest absolute Gasteiger partial charge is 0.305 e. The van der Waals surface area contributed by atoms with Crippen LogP contribution in [0.3, 0.4) is 0 Å². The van der Waals surface area contributed by atoms with E-state index in [1.54, 1.807) is 0 Å². The van der Waals surface area contributed by atoms with Gasteiger partial charge in [0.2, 0.25) is 0 Å². The Balaban J connectivity index is 3.36. The number of carbonyl (C=O) groups excluding carboxylic acids is 1. The fourth-order valence-electron chi connectivity index (χ4n) is 1.49. The quantitative estimate of drug-likeness (QED) is 0.305. The van der Waals surface area contributed by atoms with E-state index < -0.39 is 0 Å². The molecule has 106 valence electrons. The number of methoxy groups -OCH3 is 1. The van der Waals surface area contributed by atoms with Gasteiger partial charge in [-0.1, -0.05) is 42.5 Å². The van der Waals surface area contributed by atoms with E-state index in [4.69, 9.17) is 0 Å². The summed E-state index contributed by atoms with van der Waals surface area (Å²) in [7, 11) is 1.43. The summed E-state index contributed by atoms with van der Waals surface area (Å²) in [6, 6.07) is 0. The molecule has 0 aliphatic rings. The van der Waals surface area contributed by atoms with Gasteiger partial charge in [0.05, 0.1) is 7.11 Å². The Kier molecular flexibility index (Phi) is 13.3. The van der Waals surface area contributed by atoms with Gasteiger partial charge in [-0.25, -0.2) is 0 Å². The molecule has 0 fully saturated rings. The van der Waals surface area contributed by atoms with E-state index in [1.807, 2.05) is 6.08 Å². The molecule has 2 nitrogen and oxygen atoms in total. The number of rotatable bonds is 11. The monoisotopic (exact) mass is 262 g/mol. The highest BCUT2D eigenvalue weighted by Crippen LogP contribution is 2.02. The minimum atomic E-state index is -0.114. The van der Waals surface area contributed by atoms with E-state index in [0.29, 0.717) is 6.42 Å². The molecule has 0 aliphatic heterocycles. The first-order valence-corrected chi connectivity index (χ1v) is 6.94. The Hall–Kier alpha value is -1.57. The highest BCUT2D eigenvalue weighted by Gasteiger charge is 1.97. The van der Waals surface area contributed by atoms with Crippen LogP contribution in [0.4, 0.5) is 0 Å². The molecule has 0 aliphatic carbocycles. The molecule has 2 heteroatoms. The van der Waals surface area contributed by atoms with Crippen molar-refractivity contribution in [1.29, 1.82) is 0 Å². The number of esters is 1. The minimum absolute atomic E-state index is 0.114. The third kappa shape index (κ3) is 14.4.